The van der Waals surface area contributed by atoms with Crippen LogP contribution in [0.25, 0.3) is 0 Å². The Balaban J connectivity index is 2.09. The van der Waals surface area contributed by atoms with Crippen LogP contribution in [0.4, 0.5) is 0 Å². The highest BCUT2D eigenvalue weighted by Gasteiger charge is 2.28. The van der Waals surface area contributed by atoms with Crippen LogP contribution < -0.4 is 5.32 Å². The van der Waals surface area contributed by atoms with Crippen LogP contribution in [0.1, 0.15) is 39.5 Å². The van der Waals surface area contributed by atoms with E-state index in [-0.39, 0.29) is 5.97 Å². The van der Waals surface area contributed by atoms with Gasteiger partial charge in [0.05, 0.1) is 12.5 Å². The van der Waals surface area contributed by atoms with Gasteiger partial charge in [-0.1, -0.05) is 19.3 Å². The van der Waals surface area contributed by atoms with Crippen molar-refractivity contribution < 1.29 is 9.53 Å². The van der Waals surface area contributed by atoms with E-state index in [9.17, 15) is 4.79 Å². The van der Waals surface area contributed by atoms with Crippen molar-refractivity contribution in [3.63, 3.8) is 0 Å². The van der Waals surface area contributed by atoms with Gasteiger partial charge in [0.1, 0.15) is 0 Å². The summed E-state index contributed by atoms with van der Waals surface area (Å²) in [5.41, 5.74) is -0.408. The zero-order valence-electron chi connectivity index (χ0n) is 10.1. The molecule has 3 nitrogen and oxygen atoms in total. The average Bonchev–Trinajstić information content (AvgIpc) is 2.13. The topological polar surface area (TPSA) is 38.3 Å². The van der Waals surface area contributed by atoms with Gasteiger partial charge in [-0.3, -0.25) is 4.79 Å². The first-order valence-corrected chi connectivity index (χ1v) is 5.85. The highest BCUT2D eigenvalue weighted by Crippen LogP contribution is 2.28. The van der Waals surface area contributed by atoms with Crippen molar-refractivity contribution >= 4 is 5.97 Å². The quantitative estimate of drug-likeness (QED) is 0.541. The number of carbonyl (C=O) groups is 1. The molecule has 0 aliphatic heterocycles. The molecule has 1 rings (SSSR count). The third-order valence-corrected chi connectivity index (χ3v) is 3.26. The van der Waals surface area contributed by atoms with E-state index >= 15 is 0 Å². The normalized spacial score (nSPS) is 17.3. The maximum absolute atomic E-state index is 11.4. The summed E-state index contributed by atoms with van der Waals surface area (Å²) in [6.07, 6.45) is 5.43. The Bertz CT molecular complexity index is 210. The summed E-state index contributed by atoms with van der Waals surface area (Å²) in [6, 6.07) is 0. The van der Waals surface area contributed by atoms with Crippen LogP contribution in [0.2, 0.25) is 0 Å². The molecule has 0 aromatic carbocycles. The van der Waals surface area contributed by atoms with Gasteiger partial charge in [0, 0.05) is 6.54 Å². The summed E-state index contributed by atoms with van der Waals surface area (Å²) < 4.78 is 4.75. The number of nitrogens with one attached hydrogen (secondary N) is 1. The average molecular weight is 213 g/mol. The molecule has 0 amide bonds. The van der Waals surface area contributed by atoms with E-state index in [0.29, 0.717) is 6.54 Å². The Labute approximate surface area is 92.6 Å². The van der Waals surface area contributed by atoms with E-state index < -0.39 is 5.41 Å². The van der Waals surface area contributed by atoms with Gasteiger partial charge in [0.25, 0.3) is 0 Å². The van der Waals surface area contributed by atoms with Gasteiger partial charge in [-0.2, -0.15) is 0 Å². The molecule has 88 valence electrons. The van der Waals surface area contributed by atoms with E-state index in [1.165, 1.54) is 32.8 Å². The van der Waals surface area contributed by atoms with Crippen molar-refractivity contribution in [2.75, 3.05) is 20.2 Å². The number of carbonyl (C=O) groups excluding carboxylic acids is 1. The first-order chi connectivity index (χ1) is 7.06. The second kappa shape index (κ2) is 5.50. The molecule has 1 N–H and O–H groups in total. The SMILES string of the molecule is COC(=O)C(C)(C)CNCCC1CCC1. The fraction of sp³-hybridized carbons (Fsp3) is 0.917. The molecule has 0 spiro atoms. The van der Waals surface area contributed by atoms with Crippen LogP contribution in [-0.4, -0.2) is 26.2 Å². The minimum absolute atomic E-state index is 0.140. The smallest absolute Gasteiger partial charge is 0.312 e. The molecule has 0 saturated heterocycles. The molecule has 1 saturated carbocycles. The van der Waals surface area contributed by atoms with Crippen molar-refractivity contribution in [1.82, 2.24) is 5.32 Å². The van der Waals surface area contributed by atoms with Crippen molar-refractivity contribution in [2.45, 2.75) is 39.5 Å². The van der Waals surface area contributed by atoms with Crippen LogP contribution in [0, 0.1) is 11.3 Å². The Morgan fingerprint density at radius 1 is 1.47 bits per heavy atom. The van der Waals surface area contributed by atoms with Gasteiger partial charge in [0.2, 0.25) is 0 Å². The Morgan fingerprint density at radius 2 is 2.13 bits per heavy atom. The lowest BCUT2D eigenvalue weighted by Crippen LogP contribution is -2.37. The fourth-order valence-corrected chi connectivity index (χ4v) is 1.84. The van der Waals surface area contributed by atoms with Crippen LogP contribution in [0.3, 0.4) is 0 Å². The van der Waals surface area contributed by atoms with Crippen molar-refractivity contribution in [3.8, 4) is 0 Å². The predicted octanol–water partition coefficient (Wildman–Crippen LogP) is 1.97. The van der Waals surface area contributed by atoms with Crippen LogP contribution in [0.5, 0.6) is 0 Å². The highest BCUT2D eigenvalue weighted by atomic mass is 16.5. The van der Waals surface area contributed by atoms with Crippen molar-refractivity contribution in [2.24, 2.45) is 11.3 Å². The molecule has 0 aromatic heterocycles. The summed E-state index contributed by atoms with van der Waals surface area (Å²) >= 11 is 0. The monoisotopic (exact) mass is 213 g/mol. The number of rotatable bonds is 6. The molecule has 0 bridgehead atoms. The summed E-state index contributed by atoms with van der Waals surface area (Å²) in [7, 11) is 1.44. The number of esters is 1. The van der Waals surface area contributed by atoms with Gasteiger partial charge < -0.3 is 10.1 Å². The third-order valence-electron chi connectivity index (χ3n) is 3.26. The predicted molar refractivity (Wildman–Crippen MR) is 60.6 cm³/mol. The third kappa shape index (κ3) is 3.82. The van der Waals surface area contributed by atoms with E-state index in [2.05, 4.69) is 5.32 Å². The maximum atomic E-state index is 11.4. The van der Waals surface area contributed by atoms with Gasteiger partial charge >= 0.3 is 5.97 Å². The molecule has 0 aromatic rings. The van der Waals surface area contributed by atoms with Gasteiger partial charge in [-0.15, -0.1) is 0 Å². The Hall–Kier alpha value is -0.570. The van der Waals surface area contributed by atoms with Crippen LogP contribution in [-0.2, 0) is 9.53 Å². The molecule has 3 heteroatoms. The second-order valence-corrected chi connectivity index (χ2v) is 5.14. The molecule has 0 atom stereocenters. The first kappa shape index (κ1) is 12.5. The maximum Gasteiger partial charge on any atom is 0.312 e. The lowest BCUT2D eigenvalue weighted by atomic mass is 9.83. The molecule has 1 fully saturated rings. The number of methoxy groups -OCH3 is 1. The molecule has 1 aliphatic carbocycles. The number of ether oxygens (including phenoxy) is 1. The lowest BCUT2D eigenvalue weighted by Gasteiger charge is -2.26. The first-order valence-electron chi connectivity index (χ1n) is 5.85. The highest BCUT2D eigenvalue weighted by molar-refractivity contribution is 5.76. The molecule has 0 radical (unpaired) electrons. The minimum atomic E-state index is -0.408. The summed E-state index contributed by atoms with van der Waals surface area (Å²) in [5.74, 6) is 0.789. The van der Waals surface area contributed by atoms with Gasteiger partial charge in [0.15, 0.2) is 0 Å². The zero-order valence-corrected chi connectivity index (χ0v) is 10.1. The standard InChI is InChI=1S/C12H23NO2/c1-12(2,11(14)15-3)9-13-8-7-10-5-4-6-10/h10,13H,4-9H2,1-3H3. The summed E-state index contributed by atoms with van der Waals surface area (Å²) in [5, 5.41) is 3.34. The minimum Gasteiger partial charge on any atom is -0.469 e. The molecule has 0 unspecified atom stereocenters. The molecular weight excluding hydrogens is 190 g/mol. The van der Waals surface area contributed by atoms with Crippen LogP contribution in [0.15, 0.2) is 0 Å². The lowest BCUT2D eigenvalue weighted by molar-refractivity contribution is -0.150. The summed E-state index contributed by atoms with van der Waals surface area (Å²) in [4.78, 5) is 11.4. The Morgan fingerprint density at radius 3 is 2.60 bits per heavy atom. The largest absolute Gasteiger partial charge is 0.469 e. The number of hydrogen-bond acceptors (Lipinski definition) is 3. The van der Waals surface area contributed by atoms with Crippen molar-refractivity contribution in [1.29, 1.82) is 0 Å². The fourth-order valence-electron chi connectivity index (χ4n) is 1.84. The molecule has 15 heavy (non-hydrogen) atoms. The zero-order chi connectivity index (χ0) is 11.3. The second-order valence-electron chi connectivity index (χ2n) is 5.14. The molecular formula is C12H23NO2. The molecule has 1 aliphatic rings. The van der Waals surface area contributed by atoms with E-state index in [1.807, 2.05) is 13.8 Å². The van der Waals surface area contributed by atoms with E-state index in [4.69, 9.17) is 4.74 Å². The Kier molecular flexibility index (Phi) is 4.58. The summed E-state index contributed by atoms with van der Waals surface area (Å²) in [6.45, 7) is 5.54. The van der Waals surface area contributed by atoms with Gasteiger partial charge in [-0.05, 0) is 32.7 Å². The van der Waals surface area contributed by atoms with Crippen molar-refractivity contribution in [3.05, 3.63) is 0 Å². The van der Waals surface area contributed by atoms with E-state index in [1.54, 1.807) is 0 Å². The molecule has 0 heterocycles. The number of hydrogen-bond donors (Lipinski definition) is 1. The van der Waals surface area contributed by atoms with Gasteiger partial charge in [-0.25, -0.2) is 0 Å². The van der Waals surface area contributed by atoms with E-state index in [0.717, 1.165) is 12.5 Å². The van der Waals surface area contributed by atoms with Crippen LogP contribution >= 0.6 is 0 Å².